The van der Waals surface area contributed by atoms with Gasteiger partial charge in [-0.3, -0.25) is 0 Å². The van der Waals surface area contributed by atoms with E-state index in [0.29, 0.717) is 18.1 Å². The molecule has 1 heterocycles. The van der Waals surface area contributed by atoms with Crippen molar-refractivity contribution in [1.29, 1.82) is 0 Å². The lowest BCUT2D eigenvalue weighted by Gasteiger charge is -2.24. The van der Waals surface area contributed by atoms with Gasteiger partial charge in [-0.1, -0.05) is 17.7 Å². The van der Waals surface area contributed by atoms with Crippen molar-refractivity contribution in [3.8, 4) is 0 Å². The molecule has 0 amide bonds. The highest BCUT2D eigenvalue weighted by Crippen LogP contribution is 2.30. The molecule has 1 aliphatic heterocycles. The third kappa shape index (κ3) is 2.94. The maximum atomic E-state index is 12.7. The van der Waals surface area contributed by atoms with Crippen LogP contribution in [0.4, 0.5) is 0 Å². The average molecular weight is 303 g/mol. The fourth-order valence-corrected chi connectivity index (χ4v) is 4.77. The number of halogens is 1. The number of likely N-dealkylation sites (N-methyl/N-ethyl adjacent to an activating group) is 1. The average Bonchev–Trinajstić information content (AvgIpc) is 2.78. The minimum Gasteiger partial charge on any atom is -0.318 e. The Kier molecular flexibility index (Phi) is 4.50. The van der Waals surface area contributed by atoms with Crippen LogP contribution in [-0.2, 0) is 10.0 Å². The van der Waals surface area contributed by atoms with Gasteiger partial charge in [-0.25, -0.2) is 8.42 Å². The van der Waals surface area contributed by atoms with E-state index in [9.17, 15) is 8.42 Å². The standard InChI is InChI=1S/C13H19ClN2O2S/c1-10-5-6-13(12(14)8-10)19(17,18)16-7-3-4-11(16)9-15-2/h5-6,8,11,15H,3-4,7,9H2,1-2H3/t11-/m1/s1. The summed E-state index contributed by atoms with van der Waals surface area (Å²) in [4.78, 5) is 0.211. The van der Waals surface area contributed by atoms with E-state index >= 15 is 0 Å². The number of benzene rings is 1. The zero-order valence-corrected chi connectivity index (χ0v) is 12.8. The molecular formula is C13H19ClN2O2S. The van der Waals surface area contributed by atoms with E-state index in [1.807, 2.05) is 14.0 Å². The summed E-state index contributed by atoms with van der Waals surface area (Å²) in [5, 5.41) is 3.35. The lowest BCUT2D eigenvalue weighted by molar-refractivity contribution is 0.379. The summed E-state index contributed by atoms with van der Waals surface area (Å²) in [6.07, 6.45) is 1.79. The topological polar surface area (TPSA) is 49.4 Å². The van der Waals surface area contributed by atoms with Gasteiger partial charge in [0.05, 0.1) is 5.02 Å². The third-order valence-corrected chi connectivity index (χ3v) is 5.87. The molecule has 0 bridgehead atoms. The summed E-state index contributed by atoms with van der Waals surface area (Å²) in [7, 11) is -1.66. The first-order valence-electron chi connectivity index (χ1n) is 6.39. The van der Waals surface area contributed by atoms with Crippen LogP contribution in [0.3, 0.4) is 0 Å². The van der Waals surface area contributed by atoms with Crippen molar-refractivity contribution < 1.29 is 8.42 Å². The Bertz CT molecular complexity index is 560. The minimum absolute atomic E-state index is 0.0207. The molecule has 0 unspecified atom stereocenters. The van der Waals surface area contributed by atoms with E-state index in [1.165, 1.54) is 0 Å². The van der Waals surface area contributed by atoms with Gasteiger partial charge < -0.3 is 5.32 Å². The summed E-state index contributed by atoms with van der Waals surface area (Å²) >= 11 is 6.10. The summed E-state index contributed by atoms with van der Waals surface area (Å²) in [5.41, 5.74) is 0.956. The Morgan fingerprint density at radius 2 is 2.21 bits per heavy atom. The van der Waals surface area contributed by atoms with Crippen LogP contribution in [0.25, 0.3) is 0 Å². The van der Waals surface area contributed by atoms with Crippen LogP contribution in [0.5, 0.6) is 0 Å². The molecule has 1 aromatic carbocycles. The van der Waals surface area contributed by atoms with Gasteiger partial charge in [0.2, 0.25) is 10.0 Å². The van der Waals surface area contributed by atoms with Crippen LogP contribution in [0.2, 0.25) is 5.02 Å². The molecule has 1 aliphatic rings. The van der Waals surface area contributed by atoms with E-state index < -0.39 is 10.0 Å². The number of sulfonamides is 1. The molecule has 6 heteroatoms. The second-order valence-corrected chi connectivity index (χ2v) is 7.17. The van der Waals surface area contributed by atoms with Crippen LogP contribution in [0.15, 0.2) is 23.1 Å². The van der Waals surface area contributed by atoms with Crippen molar-refractivity contribution in [3.63, 3.8) is 0 Å². The molecule has 0 radical (unpaired) electrons. The number of rotatable bonds is 4. The number of hydrogen-bond donors (Lipinski definition) is 1. The Hall–Kier alpha value is -0.620. The molecule has 4 nitrogen and oxygen atoms in total. The van der Waals surface area contributed by atoms with Crippen LogP contribution in [0, 0.1) is 6.92 Å². The highest BCUT2D eigenvalue weighted by Gasteiger charge is 2.35. The Balaban J connectivity index is 2.36. The van der Waals surface area contributed by atoms with Gasteiger partial charge in [-0.15, -0.1) is 0 Å². The predicted octanol–water partition coefficient (Wildman–Crippen LogP) is 2.02. The fourth-order valence-electron chi connectivity index (χ4n) is 2.51. The van der Waals surface area contributed by atoms with E-state index in [0.717, 1.165) is 18.4 Å². The van der Waals surface area contributed by atoms with Crippen LogP contribution in [0.1, 0.15) is 18.4 Å². The van der Waals surface area contributed by atoms with Gasteiger partial charge in [-0.2, -0.15) is 4.31 Å². The first-order valence-corrected chi connectivity index (χ1v) is 8.21. The number of aryl methyl sites for hydroxylation is 1. The maximum absolute atomic E-state index is 12.7. The molecule has 106 valence electrons. The fraction of sp³-hybridized carbons (Fsp3) is 0.538. The molecule has 0 aliphatic carbocycles. The van der Waals surface area contributed by atoms with Crippen molar-refractivity contribution in [2.24, 2.45) is 0 Å². The summed E-state index contributed by atoms with van der Waals surface area (Å²) in [5.74, 6) is 0. The lowest BCUT2D eigenvalue weighted by Crippen LogP contribution is -2.40. The van der Waals surface area contributed by atoms with E-state index in [4.69, 9.17) is 11.6 Å². The molecule has 1 atom stereocenters. The normalized spacial score (nSPS) is 20.9. The molecule has 2 rings (SSSR count). The van der Waals surface area contributed by atoms with Crippen LogP contribution >= 0.6 is 11.6 Å². The van der Waals surface area contributed by atoms with Gasteiger partial charge in [-0.05, 0) is 44.5 Å². The quantitative estimate of drug-likeness (QED) is 0.926. The second-order valence-electron chi connectivity index (χ2n) is 4.90. The zero-order chi connectivity index (χ0) is 14.0. The number of hydrogen-bond acceptors (Lipinski definition) is 3. The smallest absolute Gasteiger partial charge is 0.244 e. The van der Waals surface area contributed by atoms with Gasteiger partial charge >= 0.3 is 0 Å². The SMILES string of the molecule is CNC[C@H]1CCCN1S(=O)(=O)c1ccc(C)cc1Cl. The summed E-state index contributed by atoms with van der Waals surface area (Å²) in [6.45, 7) is 3.13. The second kappa shape index (κ2) is 5.79. The van der Waals surface area contributed by atoms with Gasteiger partial charge in [0, 0.05) is 19.1 Å². The van der Waals surface area contributed by atoms with Crippen molar-refractivity contribution in [3.05, 3.63) is 28.8 Å². The lowest BCUT2D eigenvalue weighted by atomic mass is 10.2. The van der Waals surface area contributed by atoms with E-state index in [2.05, 4.69) is 5.32 Å². The first-order chi connectivity index (χ1) is 8.96. The molecule has 0 spiro atoms. The third-order valence-electron chi connectivity index (χ3n) is 3.44. The van der Waals surface area contributed by atoms with Gasteiger partial charge in [0.1, 0.15) is 4.90 Å². The molecule has 1 saturated heterocycles. The molecule has 0 aromatic heterocycles. The largest absolute Gasteiger partial charge is 0.318 e. The summed E-state index contributed by atoms with van der Waals surface area (Å²) in [6, 6.07) is 5.09. The minimum atomic E-state index is -3.50. The molecular weight excluding hydrogens is 284 g/mol. The Morgan fingerprint density at radius 1 is 1.47 bits per heavy atom. The van der Waals surface area contributed by atoms with Gasteiger partial charge in [0.15, 0.2) is 0 Å². The van der Waals surface area contributed by atoms with Gasteiger partial charge in [0.25, 0.3) is 0 Å². The monoisotopic (exact) mass is 302 g/mol. The number of nitrogens with one attached hydrogen (secondary N) is 1. The van der Waals surface area contributed by atoms with Crippen LogP contribution in [-0.4, -0.2) is 38.9 Å². The molecule has 0 saturated carbocycles. The van der Waals surface area contributed by atoms with Crippen molar-refractivity contribution in [2.45, 2.75) is 30.7 Å². The predicted molar refractivity (Wildman–Crippen MR) is 77.0 cm³/mol. The highest BCUT2D eigenvalue weighted by atomic mass is 35.5. The molecule has 19 heavy (non-hydrogen) atoms. The van der Waals surface area contributed by atoms with Crippen molar-refractivity contribution >= 4 is 21.6 Å². The Labute approximate surface area is 119 Å². The molecule has 1 fully saturated rings. The van der Waals surface area contributed by atoms with Crippen LogP contribution < -0.4 is 5.32 Å². The molecule has 1 N–H and O–H groups in total. The van der Waals surface area contributed by atoms with Crippen molar-refractivity contribution in [2.75, 3.05) is 20.1 Å². The van der Waals surface area contributed by atoms with E-state index in [1.54, 1.807) is 22.5 Å². The molecule has 1 aromatic rings. The zero-order valence-electron chi connectivity index (χ0n) is 11.2. The van der Waals surface area contributed by atoms with Crippen molar-refractivity contribution in [1.82, 2.24) is 9.62 Å². The summed E-state index contributed by atoms with van der Waals surface area (Å²) < 4.78 is 26.9. The highest BCUT2D eigenvalue weighted by molar-refractivity contribution is 7.89. The Morgan fingerprint density at radius 3 is 2.84 bits per heavy atom. The first kappa shape index (κ1) is 14.8. The number of nitrogens with zero attached hydrogens (tertiary/aromatic N) is 1. The maximum Gasteiger partial charge on any atom is 0.244 e. The van der Waals surface area contributed by atoms with E-state index in [-0.39, 0.29) is 10.9 Å².